The molecule has 0 spiro atoms. The molecule has 0 aromatic carbocycles. The van der Waals surface area contributed by atoms with Gasteiger partial charge in [-0.3, -0.25) is 9.39 Å². The summed E-state index contributed by atoms with van der Waals surface area (Å²) in [6.45, 7) is 4.82. The van der Waals surface area contributed by atoms with Gasteiger partial charge >= 0.3 is 0 Å². The van der Waals surface area contributed by atoms with Gasteiger partial charge < -0.3 is 15.5 Å². The summed E-state index contributed by atoms with van der Waals surface area (Å²) in [7, 11) is 0. The predicted molar refractivity (Wildman–Crippen MR) is 102 cm³/mol. The van der Waals surface area contributed by atoms with Crippen molar-refractivity contribution in [2.75, 3.05) is 37.6 Å². The Morgan fingerprint density at radius 1 is 1.15 bits per heavy atom. The molecule has 2 N–H and O–H groups in total. The van der Waals surface area contributed by atoms with Crippen molar-refractivity contribution < 1.29 is 0 Å². The number of hydrogen-bond donors (Lipinski definition) is 1. The van der Waals surface area contributed by atoms with E-state index >= 15 is 0 Å². The lowest BCUT2D eigenvalue weighted by Crippen LogP contribution is -2.40. The largest absolute Gasteiger partial charge is 0.370 e. The molecule has 2 fully saturated rings. The maximum Gasteiger partial charge on any atom is 0.203 e. The maximum atomic E-state index is 6.27. The zero-order valence-electron chi connectivity index (χ0n) is 15.3. The molecule has 0 amide bonds. The highest BCUT2D eigenvalue weighted by atomic mass is 15.3. The zero-order chi connectivity index (χ0) is 17.8. The van der Waals surface area contributed by atoms with Gasteiger partial charge in [-0.2, -0.15) is 0 Å². The number of guanidine groups is 1. The fourth-order valence-electron chi connectivity index (χ4n) is 4.00. The minimum atomic E-state index is 0.499. The van der Waals surface area contributed by atoms with Crippen molar-refractivity contribution >= 4 is 17.4 Å². The Kier molecular flexibility index (Phi) is 5.17. The topological polar surface area (TPSA) is 87.9 Å². The zero-order valence-corrected chi connectivity index (χ0v) is 15.3. The molecule has 8 heteroatoms. The smallest absolute Gasteiger partial charge is 0.203 e. The number of aromatic nitrogens is 4. The van der Waals surface area contributed by atoms with Crippen LogP contribution in [0, 0.1) is 5.92 Å². The van der Waals surface area contributed by atoms with Crippen molar-refractivity contribution in [2.45, 2.75) is 38.5 Å². The highest BCUT2D eigenvalue weighted by molar-refractivity contribution is 5.78. The minimum Gasteiger partial charge on any atom is -0.370 e. The van der Waals surface area contributed by atoms with Crippen LogP contribution in [0.1, 0.15) is 38.5 Å². The average Bonchev–Trinajstić information content (AvgIpc) is 2.99. The fourth-order valence-corrected chi connectivity index (χ4v) is 4.00. The molecule has 2 aromatic rings. The van der Waals surface area contributed by atoms with Gasteiger partial charge in [0.2, 0.25) is 5.65 Å². The highest BCUT2D eigenvalue weighted by Crippen LogP contribution is 2.24. The van der Waals surface area contributed by atoms with Gasteiger partial charge in [0.15, 0.2) is 11.8 Å². The fraction of sp³-hybridized carbons (Fsp3) is 0.667. The third kappa shape index (κ3) is 3.73. The first-order valence-corrected chi connectivity index (χ1v) is 9.75. The third-order valence-electron chi connectivity index (χ3n) is 5.46. The van der Waals surface area contributed by atoms with Crippen LogP contribution in [0.15, 0.2) is 23.7 Å². The molecule has 1 unspecified atom stereocenters. The molecular formula is C18H28N8. The quantitative estimate of drug-likeness (QED) is 0.663. The van der Waals surface area contributed by atoms with Gasteiger partial charge in [0.05, 0.1) is 0 Å². The van der Waals surface area contributed by atoms with Gasteiger partial charge in [0, 0.05) is 45.1 Å². The Morgan fingerprint density at radius 2 is 2.00 bits per heavy atom. The van der Waals surface area contributed by atoms with E-state index in [1.807, 2.05) is 16.8 Å². The highest BCUT2D eigenvalue weighted by Gasteiger charge is 2.23. The van der Waals surface area contributed by atoms with Gasteiger partial charge in [-0.15, -0.1) is 10.2 Å². The Hall–Kier alpha value is -2.38. The van der Waals surface area contributed by atoms with Crippen molar-refractivity contribution in [3.05, 3.63) is 18.7 Å². The van der Waals surface area contributed by atoms with Crippen LogP contribution in [0.4, 0.5) is 5.82 Å². The molecule has 0 aliphatic carbocycles. The number of nitrogens with zero attached hydrogens (tertiary/aromatic N) is 7. The molecule has 0 radical (unpaired) electrons. The lowest BCUT2D eigenvalue weighted by molar-refractivity contribution is 0.407. The van der Waals surface area contributed by atoms with Crippen molar-refractivity contribution in [2.24, 2.45) is 16.6 Å². The predicted octanol–water partition coefficient (Wildman–Crippen LogP) is 1.53. The lowest BCUT2D eigenvalue weighted by atomic mass is 9.98. The molecule has 1 atom stereocenters. The Balaban J connectivity index is 1.40. The van der Waals surface area contributed by atoms with Crippen molar-refractivity contribution in [1.29, 1.82) is 0 Å². The first-order valence-electron chi connectivity index (χ1n) is 9.75. The van der Waals surface area contributed by atoms with Crippen LogP contribution in [0.3, 0.4) is 0 Å². The number of nitrogens with two attached hydrogens (primary N) is 1. The second-order valence-corrected chi connectivity index (χ2v) is 7.37. The first-order chi connectivity index (χ1) is 12.8. The number of piperidine rings is 1. The average molecular weight is 356 g/mol. The number of rotatable bonds is 3. The summed E-state index contributed by atoms with van der Waals surface area (Å²) in [6.07, 6.45) is 12.8. The van der Waals surface area contributed by atoms with E-state index in [1.54, 1.807) is 6.33 Å². The first kappa shape index (κ1) is 17.1. The number of fused-ring (bicyclic) bond motifs is 1. The van der Waals surface area contributed by atoms with E-state index in [-0.39, 0.29) is 0 Å². The van der Waals surface area contributed by atoms with Crippen LogP contribution in [0.2, 0.25) is 0 Å². The molecule has 2 aliphatic heterocycles. The van der Waals surface area contributed by atoms with E-state index in [1.165, 1.54) is 32.1 Å². The summed E-state index contributed by atoms with van der Waals surface area (Å²) in [4.78, 5) is 13.9. The van der Waals surface area contributed by atoms with Crippen LogP contribution in [-0.4, -0.2) is 63.2 Å². The molecule has 26 heavy (non-hydrogen) atoms. The van der Waals surface area contributed by atoms with Crippen LogP contribution < -0.4 is 10.6 Å². The van der Waals surface area contributed by atoms with E-state index in [0.29, 0.717) is 5.92 Å². The molecule has 4 rings (SSSR count). The normalized spacial score (nSPS) is 22.6. The maximum absolute atomic E-state index is 6.27. The summed E-state index contributed by atoms with van der Waals surface area (Å²) >= 11 is 0. The SMILES string of the molecule is NC(=NCC1CCCN(c2nccn3cnnc23)C1)N1CCCCCC1. The van der Waals surface area contributed by atoms with E-state index in [9.17, 15) is 0 Å². The second kappa shape index (κ2) is 7.88. The number of anilines is 1. The van der Waals surface area contributed by atoms with Gasteiger partial charge in [-0.25, -0.2) is 4.98 Å². The van der Waals surface area contributed by atoms with E-state index in [0.717, 1.165) is 56.6 Å². The number of likely N-dealkylation sites (tertiary alicyclic amines) is 1. The van der Waals surface area contributed by atoms with Gasteiger partial charge in [0.25, 0.3) is 0 Å². The molecule has 140 valence electrons. The Bertz CT molecular complexity index is 746. The van der Waals surface area contributed by atoms with Crippen molar-refractivity contribution in [3.63, 3.8) is 0 Å². The molecule has 2 saturated heterocycles. The molecule has 8 nitrogen and oxygen atoms in total. The molecule has 2 aromatic heterocycles. The Morgan fingerprint density at radius 3 is 2.85 bits per heavy atom. The van der Waals surface area contributed by atoms with Crippen molar-refractivity contribution in [1.82, 2.24) is 24.5 Å². The summed E-state index contributed by atoms with van der Waals surface area (Å²) in [5.74, 6) is 2.14. The molecule has 0 saturated carbocycles. The van der Waals surface area contributed by atoms with Crippen molar-refractivity contribution in [3.8, 4) is 0 Å². The lowest BCUT2D eigenvalue weighted by Gasteiger charge is -2.33. The summed E-state index contributed by atoms with van der Waals surface area (Å²) in [5, 5.41) is 8.21. The molecule has 4 heterocycles. The van der Waals surface area contributed by atoms with Crippen LogP contribution in [0.5, 0.6) is 0 Å². The summed E-state index contributed by atoms with van der Waals surface area (Å²) < 4.78 is 1.92. The molecule has 0 bridgehead atoms. The minimum absolute atomic E-state index is 0.499. The molecule has 2 aliphatic rings. The van der Waals surface area contributed by atoms with E-state index in [4.69, 9.17) is 10.7 Å². The van der Waals surface area contributed by atoms with E-state index < -0.39 is 0 Å². The third-order valence-corrected chi connectivity index (χ3v) is 5.46. The number of aliphatic imine (C=N–C) groups is 1. The van der Waals surface area contributed by atoms with Crippen LogP contribution in [-0.2, 0) is 0 Å². The van der Waals surface area contributed by atoms with Gasteiger partial charge in [-0.05, 0) is 31.6 Å². The van der Waals surface area contributed by atoms with Crippen LogP contribution >= 0.6 is 0 Å². The monoisotopic (exact) mass is 356 g/mol. The van der Waals surface area contributed by atoms with Gasteiger partial charge in [0.1, 0.15) is 6.33 Å². The standard InChI is InChI=1S/C18H28N8/c19-18(24-8-3-1-2-4-9-24)21-12-15-6-5-10-25(13-15)16-17-23-22-14-26(17)11-7-20-16/h7,11,14-15H,1-6,8-10,12-13H2,(H2,19,21). The number of hydrogen-bond acceptors (Lipinski definition) is 5. The summed E-state index contributed by atoms with van der Waals surface area (Å²) in [6, 6.07) is 0. The van der Waals surface area contributed by atoms with Crippen LogP contribution in [0.25, 0.3) is 5.65 Å². The van der Waals surface area contributed by atoms with E-state index in [2.05, 4.69) is 25.0 Å². The van der Waals surface area contributed by atoms with Gasteiger partial charge in [-0.1, -0.05) is 12.8 Å². The Labute approximate surface area is 154 Å². The second-order valence-electron chi connectivity index (χ2n) is 7.37. The molecular weight excluding hydrogens is 328 g/mol. The summed E-state index contributed by atoms with van der Waals surface area (Å²) in [5.41, 5.74) is 7.09.